The molecule has 0 spiro atoms. The van der Waals surface area contributed by atoms with E-state index in [1.807, 2.05) is 12.1 Å². The van der Waals surface area contributed by atoms with Crippen molar-refractivity contribution in [1.29, 1.82) is 5.26 Å². The molecular weight excluding hydrogens is 274 g/mol. The van der Waals surface area contributed by atoms with Gasteiger partial charge in [-0.25, -0.2) is 0 Å². The lowest BCUT2D eigenvalue weighted by atomic mass is 10.0. The Balaban J connectivity index is 2.20. The zero-order chi connectivity index (χ0) is 15.8. The smallest absolute Gasteiger partial charge is 0.253 e. The number of nitriles is 1. The number of carbonyl (C=O) groups is 1. The number of benzene rings is 1. The predicted molar refractivity (Wildman–Crippen MR) is 85.1 cm³/mol. The van der Waals surface area contributed by atoms with E-state index in [1.54, 1.807) is 36.7 Å². The van der Waals surface area contributed by atoms with Gasteiger partial charge in [-0.2, -0.15) is 5.26 Å². The molecule has 0 radical (unpaired) electrons. The summed E-state index contributed by atoms with van der Waals surface area (Å²) in [6.45, 7) is 2.12. The number of nitrogens with one attached hydrogen (secondary N) is 1. The molecule has 2 rings (SSSR count). The van der Waals surface area contributed by atoms with Crippen LogP contribution in [0, 0.1) is 11.3 Å². The Bertz CT molecular complexity index is 662. The van der Waals surface area contributed by atoms with Gasteiger partial charge in [-0.15, -0.1) is 0 Å². The van der Waals surface area contributed by atoms with Crippen LogP contribution < -0.4 is 5.32 Å². The highest BCUT2D eigenvalue weighted by Crippen LogP contribution is 2.19. The number of rotatable bonds is 6. The molecule has 1 aromatic carbocycles. The molecular formula is C18H19N3O. The average molecular weight is 293 g/mol. The summed E-state index contributed by atoms with van der Waals surface area (Å²) in [5.74, 6) is -0.220. The largest absolute Gasteiger partial charge is 0.345 e. The monoisotopic (exact) mass is 293 g/mol. The molecule has 1 heterocycles. The van der Waals surface area contributed by atoms with E-state index in [0.29, 0.717) is 11.1 Å². The van der Waals surface area contributed by atoms with Crippen LogP contribution in [-0.2, 0) is 0 Å². The van der Waals surface area contributed by atoms with E-state index in [9.17, 15) is 4.79 Å². The lowest BCUT2D eigenvalue weighted by Crippen LogP contribution is -2.29. The van der Waals surface area contributed by atoms with Crippen molar-refractivity contribution in [1.82, 2.24) is 10.3 Å². The Morgan fingerprint density at radius 3 is 2.82 bits per heavy atom. The van der Waals surface area contributed by atoms with Crippen molar-refractivity contribution in [3.05, 3.63) is 65.5 Å². The van der Waals surface area contributed by atoms with Crippen molar-refractivity contribution in [3.8, 4) is 6.07 Å². The van der Waals surface area contributed by atoms with Crippen LogP contribution >= 0.6 is 0 Å². The first-order chi connectivity index (χ1) is 10.8. The fraction of sp³-hybridized carbons (Fsp3) is 0.278. The van der Waals surface area contributed by atoms with Crippen LogP contribution in [-0.4, -0.2) is 10.9 Å². The lowest BCUT2D eigenvalue weighted by molar-refractivity contribution is 0.0934. The van der Waals surface area contributed by atoms with E-state index < -0.39 is 0 Å². The van der Waals surface area contributed by atoms with Gasteiger partial charge in [0.1, 0.15) is 0 Å². The molecule has 0 fully saturated rings. The highest BCUT2D eigenvalue weighted by molar-refractivity contribution is 5.96. The summed E-state index contributed by atoms with van der Waals surface area (Å²) < 4.78 is 0. The number of nitrogens with zero attached hydrogens (tertiary/aromatic N) is 2. The molecule has 22 heavy (non-hydrogen) atoms. The Morgan fingerprint density at radius 1 is 1.32 bits per heavy atom. The summed E-state index contributed by atoms with van der Waals surface area (Å²) in [6.07, 6.45) is 6.41. The highest BCUT2D eigenvalue weighted by Gasteiger charge is 2.17. The number of aromatic nitrogens is 1. The Kier molecular flexibility index (Phi) is 5.67. The van der Waals surface area contributed by atoms with Gasteiger partial charge < -0.3 is 5.32 Å². The number of amides is 1. The van der Waals surface area contributed by atoms with Crippen LogP contribution in [0.2, 0.25) is 0 Å². The van der Waals surface area contributed by atoms with Crippen molar-refractivity contribution in [2.75, 3.05) is 0 Å². The second-order valence-corrected chi connectivity index (χ2v) is 5.11. The molecule has 112 valence electrons. The van der Waals surface area contributed by atoms with Crippen LogP contribution in [0.5, 0.6) is 0 Å². The fourth-order valence-corrected chi connectivity index (χ4v) is 2.33. The first kappa shape index (κ1) is 15.7. The molecule has 2 aromatic rings. The molecule has 4 heteroatoms. The number of unbranched alkanes of at least 4 members (excludes halogenated alkanes) is 1. The van der Waals surface area contributed by atoms with Gasteiger partial charge in [-0.3, -0.25) is 9.78 Å². The van der Waals surface area contributed by atoms with Crippen LogP contribution in [0.1, 0.15) is 53.7 Å². The Hall–Kier alpha value is -2.67. The van der Waals surface area contributed by atoms with Crippen molar-refractivity contribution >= 4 is 5.91 Å². The van der Waals surface area contributed by atoms with Gasteiger partial charge in [0.15, 0.2) is 0 Å². The Labute approximate surface area is 130 Å². The van der Waals surface area contributed by atoms with E-state index in [4.69, 9.17) is 5.26 Å². The van der Waals surface area contributed by atoms with Crippen LogP contribution in [0.25, 0.3) is 0 Å². The molecule has 0 bridgehead atoms. The minimum absolute atomic E-state index is 0.0899. The molecule has 4 nitrogen and oxygen atoms in total. The number of hydrogen-bond acceptors (Lipinski definition) is 3. The number of carbonyl (C=O) groups excluding carboxylic acids is 1. The minimum Gasteiger partial charge on any atom is -0.345 e. The molecule has 1 aromatic heterocycles. The first-order valence-corrected chi connectivity index (χ1v) is 7.46. The summed E-state index contributed by atoms with van der Waals surface area (Å²) in [4.78, 5) is 16.6. The third-order valence-corrected chi connectivity index (χ3v) is 3.53. The van der Waals surface area contributed by atoms with Gasteiger partial charge in [0.25, 0.3) is 5.91 Å². The van der Waals surface area contributed by atoms with E-state index in [1.165, 1.54) is 0 Å². The van der Waals surface area contributed by atoms with E-state index in [2.05, 4.69) is 23.3 Å². The van der Waals surface area contributed by atoms with Gasteiger partial charge >= 0.3 is 0 Å². The topological polar surface area (TPSA) is 65.8 Å². The maximum absolute atomic E-state index is 12.5. The van der Waals surface area contributed by atoms with Crippen LogP contribution in [0.15, 0.2) is 48.8 Å². The third-order valence-electron chi connectivity index (χ3n) is 3.53. The normalized spacial score (nSPS) is 11.5. The van der Waals surface area contributed by atoms with Crippen molar-refractivity contribution < 1.29 is 4.79 Å². The zero-order valence-corrected chi connectivity index (χ0v) is 12.6. The van der Waals surface area contributed by atoms with E-state index in [0.717, 1.165) is 24.8 Å². The zero-order valence-electron chi connectivity index (χ0n) is 12.6. The van der Waals surface area contributed by atoms with Gasteiger partial charge in [0.05, 0.1) is 23.2 Å². The third kappa shape index (κ3) is 3.92. The highest BCUT2D eigenvalue weighted by atomic mass is 16.1. The second-order valence-electron chi connectivity index (χ2n) is 5.11. The van der Waals surface area contributed by atoms with Crippen molar-refractivity contribution in [3.63, 3.8) is 0 Å². The van der Waals surface area contributed by atoms with Gasteiger partial charge in [0.2, 0.25) is 0 Å². The molecule has 1 N–H and O–H groups in total. The lowest BCUT2D eigenvalue weighted by Gasteiger charge is -2.19. The standard InChI is InChI=1S/C18H19N3O/c1-2-3-10-17(15-8-6-11-20-13-15)21-18(22)16-9-5-4-7-14(16)12-19/h4-9,11,13,17H,2-3,10H2,1H3,(H,21,22)/t17-/m0/s1. The molecule has 0 aliphatic heterocycles. The Morgan fingerprint density at radius 2 is 2.14 bits per heavy atom. The summed E-state index contributed by atoms with van der Waals surface area (Å²) in [7, 11) is 0. The molecule has 1 atom stereocenters. The van der Waals surface area contributed by atoms with E-state index in [-0.39, 0.29) is 11.9 Å². The van der Waals surface area contributed by atoms with Gasteiger partial charge in [-0.05, 0) is 30.2 Å². The summed E-state index contributed by atoms with van der Waals surface area (Å²) in [5, 5.41) is 12.1. The number of pyridine rings is 1. The predicted octanol–water partition coefficient (Wildman–Crippen LogP) is 3.61. The summed E-state index contributed by atoms with van der Waals surface area (Å²) >= 11 is 0. The summed E-state index contributed by atoms with van der Waals surface area (Å²) in [6, 6.07) is 12.6. The molecule has 1 amide bonds. The SMILES string of the molecule is CCCC[C@H](NC(=O)c1ccccc1C#N)c1cccnc1. The maximum atomic E-state index is 12.5. The molecule has 0 saturated carbocycles. The summed E-state index contributed by atoms with van der Waals surface area (Å²) in [5.41, 5.74) is 1.79. The number of hydrogen-bond donors (Lipinski definition) is 1. The molecule has 0 aliphatic rings. The molecule has 0 saturated heterocycles. The first-order valence-electron chi connectivity index (χ1n) is 7.46. The van der Waals surface area contributed by atoms with Gasteiger partial charge in [0, 0.05) is 12.4 Å². The van der Waals surface area contributed by atoms with Crippen molar-refractivity contribution in [2.24, 2.45) is 0 Å². The molecule has 0 unspecified atom stereocenters. The van der Waals surface area contributed by atoms with Crippen molar-refractivity contribution in [2.45, 2.75) is 32.2 Å². The quantitative estimate of drug-likeness (QED) is 0.884. The average Bonchev–Trinajstić information content (AvgIpc) is 2.59. The van der Waals surface area contributed by atoms with E-state index >= 15 is 0 Å². The second kappa shape index (κ2) is 7.94. The fourth-order valence-electron chi connectivity index (χ4n) is 2.33. The molecule has 0 aliphatic carbocycles. The van der Waals surface area contributed by atoms with Crippen LogP contribution in [0.3, 0.4) is 0 Å². The minimum atomic E-state index is -0.220. The van der Waals surface area contributed by atoms with Gasteiger partial charge in [-0.1, -0.05) is 38.0 Å². The maximum Gasteiger partial charge on any atom is 0.253 e. The van der Waals surface area contributed by atoms with Crippen LogP contribution in [0.4, 0.5) is 0 Å².